The maximum absolute atomic E-state index is 9.51. The number of hydrogen-bond donors (Lipinski definition) is 4. The van der Waals surface area contributed by atoms with E-state index < -0.39 is 14.2 Å². The molecule has 1 aliphatic heterocycles. The van der Waals surface area contributed by atoms with Gasteiger partial charge in [0, 0.05) is 16.3 Å². The normalized spacial score (nSPS) is 12.5. The van der Waals surface area contributed by atoms with Crippen molar-refractivity contribution < 1.29 is 20.1 Å². The van der Waals surface area contributed by atoms with Gasteiger partial charge >= 0.3 is 14.2 Å². The molecule has 0 radical (unpaired) electrons. The average molecular weight is 399 g/mol. The first-order valence-electron chi connectivity index (χ1n) is 9.97. The zero-order chi connectivity index (χ0) is 20.1. The van der Waals surface area contributed by atoms with Gasteiger partial charge in [0.05, 0.1) is 11.4 Å². The number of hydrogen-bond acceptors (Lipinski definition) is 6. The maximum atomic E-state index is 9.51. The van der Waals surface area contributed by atoms with E-state index in [9.17, 15) is 20.1 Å². The number of rotatable bonds is 9. The Morgan fingerprint density at radius 3 is 1.75 bits per heavy atom. The standard InChI is InChI=1S/C20H27B2NO4S/c1-2-3-4-5-6-7-12-23-17-10-8-15(21(24)25)13-19(17)28-20-14-16(22(26)27)9-11-18(20)23/h8-11,13-14,24-27H,2-7,12H2,1H3. The summed E-state index contributed by atoms with van der Waals surface area (Å²) in [6.45, 7) is 3.09. The molecule has 28 heavy (non-hydrogen) atoms. The van der Waals surface area contributed by atoms with Crippen molar-refractivity contribution in [2.24, 2.45) is 0 Å². The number of benzene rings is 2. The highest BCUT2D eigenvalue weighted by Crippen LogP contribution is 2.47. The minimum absolute atomic E-state index is 0.451. The average Bonchev–Trinajstić information content (AvgIpc) is 2.68. The lowest BCUT2D eigenvalue weighted by Crippen LogP contribution is -2.32. The second-order valence-electron chi connectivity index (χ2n) is 7.22. The third-order valence-corrected chi connectivity index (χ3v) is 6.19. The molecule has 0 unspecified atom stereocenters. The highest BCUT2D eigenvalue weighted by Gasteiger charge is 2.26. The Kier molecular flexibility index (Phi) is 7.48. The van der Waals surface area contributed by atoms with Crippen LogP contribution in [0.25, 0.3) is 0 Å². The molecule has 0 aliphatic carbocycles. The van der Waals surface area contributed by atoms with Crippen molar-refractivity contribution in [3.8, 4) is 0 Å². The zero-order valence-electron chi connectivity index (χ0n) is 16.2. The highest BCUT2D eigenvalue weighted by atomic mass is 32.2. The number of fused-ring (bicyclic) bond motifs is 2. The quantitative estimate of drug-likeness (QED) is 0.382. The van der Waals surface area contributed by atoms with Crippen molar-refractivity contribution in [3.63, 3.8) is 0 Å². The van der Waals surface area contributed by atoms with Crippen molar-refractivity contribution in [1.29, 1.82) is 0 Å². The van der Waals surface area contributed by atoms with Gasteiger partial charge in [0.25, 0.3) is 0 Å². The van der Waals surface area contributed by atoms with Gasteiger partial charge in [-0.3, -0.25) is 0 Å². The van der Waals surface area contributed by atoms with E-state index in [1.165, 1.54) is 43.9 Å². The van der Waals surface area contributed by atoms with Crippen LogP contribution in [0.2, 0.25) is 0 Å². The summed E-state index contributed by atoms with van der Waals surface area (Å²) in [5.74, 6) is 0. The summed E-state index contributed by atoms with van der Waals surface area (Å²) in [4.78, 5) is 4.13. The first-order chi connectivity index (χ1) is 13.5. The molecule has 0 saturated heterocycles. The van der Waals surface area contributed by atoms with Crippen LogP contribution in [0.3, 0.4) is 0 Å². The second-order valence-corrected chi connectivity index (χ2v) is 8.31. The predicted molar refractivity (Wildman–Crippen MR) is 117 cm³/mol. The Bertz CT molecular complexity index is 746. The van der Waals surface area contributed by atoms with Crippen molar-refractivity contribution >= 4 is 48.3 Å². The van der Waals surface area contributed by atoms with Crippen LogP contribution in [0.5, 0.6) is 0 Å². The third-order valence-electron chi connectivity index (χ3n) is 5.10. The lowest BCUT2D eigenvalue weighted by atomic mass is 9.80. The van der Waals surface area contributed by atoms with Gasteiger partial charge in [-0.05, 0) is 41.6 Å². The van der Waals surface area contributed by atoms with Gasteiger partial charge in [0.15, 0.2) is 0 Å². The Morgan fingerprint density at radius 2 is 1.25 bits per heavy atom. The maximum Gasteiger partial charge on any atom is 0.488 e. The lowest BCUT2D eigenvalue weighted by molar-refractivity contribution is 0.424. The van der Waals surface area contributed by atoms with Crippen molar-refractivity contribution in [3.05, 3.63) is 36.4 Å². The summed E-state index contributed by atoms with van der Waals surface area (Å²) >= 11 is 1.51. The fourth-order valence-electron chi connectivity index (χ4n) is 3.53. The molecular weight excluding hydrogens is 372 g/mol. The molecule has 5 nitrogen and oxygen atoms in total. The molecule has 0 atom stereocenters. The third kappa shape index (κ3) is 4.93. The van der Waals surface area contributed by atoms with Crippen LogP contribution >= 0.6 is 11.8 Å². The summed E-state index contributed by atoms with van der Waals surface area (Å²) in [5, 5.41) is 38.1. The summed E-state index contributed by atoms with van der Waals surface area (Å²) in [6, 6.07) is 11.0. The Morgan fingerprint density at radius 1 is 0.750 bits per heavy atom. The lowest BCUT2D eigenvalue weighted by Gasteiger charge is -2.33. The fourth-order valence-corrected chi connectivity index (χ4v) is 4.72. The number of anilines is 2. The molecule has 0 saturated carbocycles. The second kappa shape index (κ2) is 9.85. The minimum atomic E-state index is -1.51. The van der Waals surface area contributed by atoms with Gasteiger partial charge in [0.1, 0.15) is 0 Å². The fraction of sp³-hybridized carbons (Fsp3) is 0.400. The van der Waals surface area contributed by atoms with Crippen LogP contribution in [0.15, 0.2) is 46.2 Å². The molecule has 0 fully saturated rings. The number of unbranched alkanes of at least 4 members (excludes halogenated alkanes) is 5. The van der Waals surface area contributed by atoms with Crippen LogP contribution in [0, 0.1) is 0 Å². The van der Waals surface area contributed by atoms with Crippen LogP contribution in [0.1, 0.15) is 45.4 Å². The smallest absolute Gasteiger partial charge is 0.423 e. The molecule has 1 aliphatic rings. The van der Waals surface area contributed by atoms with E-state index in [0.29, 0.717) is 10.9 Å². The Labute approximate surface area is 171 Å². The highest BCUT2D eigenvalue weighted by molar-refractivity contribution is 7.99. The Balaban J connectivity index is 1.85. The molecule has 0 aromatic heterocycles. The van der Waals surface area contributed by atoms with Crippen molar-refractivity contribution in [1.82, 2.24) is 0 Å². The summed E-state index contributed by atoms with van der Waals surface area (Å²) in [7, 11) is -3.02. The van der Waals surface area contributed by atoms with Crippen LogP contribution in [0.4, 0.5) is 11.4 Å². The molecular formula is C20H27B2NO4S. The van der Waals surface area contributed by atoms with Gasteiger partial charge in [-0.25, -0.2) is 0 Å². The predicted octanol–water partition coefficient (Wildman–Crippen LogP) is 2.01. The van der Waals surface area contributed by atoms with E-state index in [1.54, 1.807) is 24.3 Å². The van der Waals surface area contributed by atoms with Gasteiger partial charge in [-0.15, -0.1) is 0 Å². The molecule has 8 heteroatoms. The molecule has 0 spiro atoms. The molecule has 1 heterocycles. The van der Waals surface area contributed by atoms with E-state index in [2.05, 4.69) is 11.8 Å². The van der Waals surface area contributed by atoms with E-state index >= 15 is 0 Å². The van der Waals surface area contributed by atoms with E-state index in [1.807, 2.05) is 12.1 Å². The molecule has 0 amide bonds. The van der Waals surface area contributed by atoms with E-state index in [0.717, 1.165) is 34.1 Å². The van der Waals surface area contributed by atoms with E-state index in [4.69, 9.17) is 0 Å². The summed E-state index contributed by atoms with van der Waals surface area (Å²) in [5.41, 5.74) is 3.00. The van der Waals surface area contributed by atoms with Crippen LogP contribution < -0.4 is 15.8 Å². The van der Waals surface area contributed by atoms with Crippen molar-refractivity contribution in [2.45, 2.75) is 55.2 Å². The zero-order valence-corrected chi connectivity index (χ0v) is 17.0. The van der Waals surface area contributed by atoms with E-state index in [-0.39, 0.29) is 0 Å². The SMILES string of the molecule is CCCCCCCCN1c2ccc(B(O)O)cc2Sc2cc(B(O)O)ccc21. The van der Waals surface area contributed by atoms with Gasteiger partial charge in [-0.2, -0.15) is 0 Å². The van der Waals surface area contributed by atoms with Gasteiger partial charge in [-0.1, -0.05) is 62.9 Å². The summed E-state index contributed by atoms with van der Waals surface area (Å²) < 4.78 is 0. The minimum Gasteiger partial charge on any atom is -0.423 e. The monoisotopic (exact) mass is 399 g/mol. The van der Waals surface area contributed by atoms with Gasteiger partial charge in [0.2, 0.25) is 0 Å². The van der Waals surface area contributed by atoms with Crippen LogP contribution in [-0.4, -0.2) is 40.9 Å². The molecule has 4 N–H and O–H groups in total. The Hall–Kier alpha value is -1.44. The topological polar surface area (TPSA) is 84.2 Å². The largest absolute Gasteiger partial charge is 0.488 e. The number of nitrogens with zero attached hydrogens (tertiary/aromatic N) is 1. The molecule has 3 rings (SSSR count). The summed E-state index contributed by atoms with van der Waals surface area (Å²) in [6.07, 6.45) is 7.28. The van der Waals surface area contributed by atoms with Crippen LogP contribution in [-0.2, 0) is 0 Å². The molecule has 148 valence electrons. The first-order valence-corrected chi connectivity index (χ1v) is 10.8. The molecule has 0 bridgehead atoms. The van der Waals surface area contributed by atoms with Gasteiger partial charge < -0.3 is 25.0 Å². The van der Waals surface area contributed by atoms with Crippen molar-refractivity contribution in [2.75, 3.05) is 11.4 Å². The molecule has 2 aromatic rings. The first kappa shape index (κ1) is 21.3. The molecule has 2 aromatic carbocycles.